The van der Waals surface area contributed by atoms with Crippen molar-refractivity contribution in [2.24, 2.45) is 11.8 Å². The lowest BCUT2D eigenvalue weighted by Crippen LogP contribution is -2.23. The second-order valence-corrected chi connectivity index (χ2v) is 8.73. The maximum absolute atomic E-state index is 12.2. The van der Waals surface area contributed by atoms with Crippen LogP contribution in [0.2, 0.25) is 0 Å². The van der Waals surface area contributed by atoms with Crippen LogP contribution in [0.25, 0.3) is 0 Å². The second-order valence-electron chi connectivity index (χ2n) is 6.58. The number of hydrogen-bond acceptors (Lipinski definition) is 6. The van der Waals surface area contributed by atoms with Crippen molar-refractivity contribution in [2.45, 2.75) is 12.8 Å². The van der Waals surface area contributed by atoms with Crippen LogP contribution in [0.15, 0.2) is 60.7 Å². The fraction of sp³-hybridized carbons (Fsp3) is 0.300. The van der Waals surface area contributed by atoms with Crippen LogP contribution in [-0.4, -0.2) is 31.9 Å². The number of sulfone groups is 1. The van der Waals surface area contributed by atoms with Crippen molar-refractivity contribution in [1.82, 2.24) is 0 Å². The highest BCUT2D eigenvalue weighted by molar-refractivity contribution is 7.91. The first kappa shape index (κ1) is 19.1. The first-order valence-electron chi connectivity index (χ1n) is 8.63. The molecule has 0 radical (unpaired) electrons. The molecular weight excluding hydrogens is 368 g/mol. The van der Waals surface area contributed by atoms with E-state index in [-0.39, 0.29) is 24.3 Å². The zero-order valence-corrected chi connectivity index (χ0v) is 15.4. The van der Waals surface area contributed by atoms with E-state index in [1.165, 1.54) is 0 Å². The van der Waals surface area contributed by atoms with E-state index in [0.29, 0.717) is 11.5 Å². The Labute approximate surface area is 158 Å². The number of benzene rings is 2. The summed E-state index contributed by atoms with van der Waals surface area (Å²) in [6.45, 7) is 0. The van der Waals surface area contributed by atoms with Crippen LogP contribution in [0.3, 0.4) is 0 Å². The van der Waals surface area contributed by atoms with Gasteiger partial charge in [0.2, 0.25) is 0 Å². The topological polar surface area (TPSA) is 86.7 Å². The zero-order chi connectivity index (χ0) is 19.3. The molecule has 1 aliphatic rings. The molecule has 1 aliphatic heterocycles. The van der Waals surface area contributed by atoms with Gasteiger partial charge in [-0.2, -0.15) is 0 Å². The molecule has 0 saturated carbocycles. The Hall–Kier alpha value is -2.67. The van der Waals surface area contributed by atoms with Crippen LogP contribution >= 0.6 is 0 Å². The van der Waals surface area contributed by atoms with Crippen molar-refractivity contribution < 1.29 is 27.5 Å². The Bertz CT molecular complexity index is 823. The van der Waals surface area contributed by atoms with Gasteiger partial charge in [-0.15, -0.1) is 0 Å². The summed E-state index contributed by atoms with van der Waals surface area (Å²) in [5, 5.41) is 0. The second kappa shape index (κ2) is 8.35. The molecule has 27 heavy (non-hydrogen) atoms. The summed E-state index contributed by atoms with van der Waals surface area (Å²) >= 11 is 0. The molecule has 0 amide bonds. The van der Waals surface area contributed by atoms with E-state index in [1.807, 2.05) is 0 Å². The maximum atomic E-state index is 12.2. The molecular formula is C20H20O6S. The minimum absolute atomic E-state index is 0.0581. The average molecular weight is 388 g/mol. The number of ether oxygens (including phenoxy) is 2. The van der Waals surface area contributed by atoms with Gasteiger partial charge < -0.3 is 9.47 Å². The average Bonchev–Trinajstić information content (AvgIpc) is 2.89. The molecule has 0 bridgehead atoms. The molecule has 0 unspecified atom stereocenters. The van der Waals surface area contributed by atoms with Gasteiger partial charge in [0.25, 0.3) is 0 Å². The molecule has 6 nitrogen and oxygen atoms in total. The number of carbonyl (C=O) groups excluding carboxylic acids is 2. The quantitative estimate of drug-likeness (QED) is 0.559. The first-order chi connectivity index (χ1) is 12.9. The number of hydrogen-bond donors (Lipinski definition) is 0. The lowest BCUT2D eigenvalue weighted by molar-refractivity contribution is -0.138. The standard InChI is InChI=1S/C20H20O6S/c21-19(25-17-7-3-1-4-8-17)11-15-13-27(23,24)14-16(15)12-20(22)26-18-9-5-2-6-10-18/h1-10,15-16H,11-14H2/t15-,16+. The summed E-state index contributed by atoms with van der Waals surface area (Å²) < 4.78 is 34.5. The molecule has 142 valence electrons. The van der Waals surface area contributed by atoms with Crippen molar-refractivity contribution in [3.05, 3.63) is 60.7 Å². The predicted molar refractivity (Wildman–Crippen MR) is 99.0 cm³/mol. The SMILES string of the molecule is O=C(C[C@@H]1CS(=O)(=O)C[C@@H]1CC(=O)Oc1ccccc1)Oc1ccccc1. The molecule has 0 spiro atoms. The molecule has 1 heterocycles. The molecule has 0 aliphatic carbocycles. The number of esters is 2. The van der Waals surface area contributed by atoms with E-state index >= 15 is 0 Å². The monoisotopic (exact) mass is 388 g/mol. The fourth-order valence-corrected chi connectivity index (χ4v) is 5.42. The smallest absolute Gasteiger partial charge is 0.311 e. The molecule has 1 fully saturated rings. The van der Waals surface area contributed by atoms with Gasteiger partial charge in [0.05, 0.1) is 24.3 Å². The van der Waals surface area contributed by atoms with Crippen LogP contribution < -0.4 is 9.47 Å². The highest BCUT2D eigenvalue weighted by Crippen LogP contribution is 2.32. The van der Waals surface area contributed by atoms with Gasteiger partial charge in [-0.3, -0.25) is 9.59 Å². The van der Waals surface area contributed by atoms with E-state index < -0.39 is 33.6 Å². The van der Waals surface area contributed by atoms with E-state index in [0.717, 1.165) is 0 Å². The fourth-order valence-electron chi connectivity index (χ4n) is 3.20. The Morgan fingerprint density at radius 2 is 1.11 bits per heavy atom. The number of carbonyl (C=O) groups is 2. The van der Waals surface area contributed by atoms with Gasteiger partial charge in [0.1, 0.15) is 11.5 Å². The van der Waals surface area contributed by atoms with Crippen molar-refractivity contribution in [1.29, 1.82) is 0 Å². The zero-order valence-electron chi connectivity index (χ0n) is 14.6. The van der Waals surface area contributed by atoms with Crippen molar-refractivity contribution >= 4 is 21.8 Å². The van der Waals surface area contributed by atoms with Crippen molar-refractivity contribution in [3.63, 3.8) is 0 Å². The first-order valence-corrected chi connectivity index (χ1v) is 10.5. The summed E-state index contributed by atoms with van der Waals surface area (Å²) in [4.78, 5) is 24.3. The van der Waals surface area contributed by atoms with Crippen molar-refractivity contribution in [2.75, 3.05) is 11.5 Å². The van der Waals surface area contributed by atoms with E-state index in [9.17, 15) is 18.0 Å². The van der Waals surface area contributed by atoms with Gasteiger partial charge in [0.15, 0.2) is 9.84 Å². The summed E-state index contributed by atoms with van der Waals surface area (Å²) in [6, 6.07) is 17.2. The van der Waals surface area contributed by atoms with Gasteiger partial charge in [-0.05, 0) is 36.1 Å². The van der Waals surface area contributed by atoms with Crippen LogP contribution in [-0.2, 0) is 19.4 Å². The lowest BCUT2D eigenvalue weighted by atomic mass is 9.90. The van der Waals surface area contributed by atoms with Crippen LogP contribution in [0.4, 0.5) is 0 Å². The molecule has 7 heteroatoms. The lowest BCUT2D eigenvalue weighted by Gasteiger charge is -2.16. The molecule has 2 aromatic carbocycles. The molecule has 2 aromatic rings. The van der Waals surface area contributed by atoms with E-state index in [4.69, 9.17) is 9.47 Å². The third-order valence-electron chi connectivity index (χ3n) is 4.41. The number of rotatable bonds is 6. The highest BCUT2D eigenvalue weighted by Gasteiger charge is 2.40. The normalized spacial score (nSPS) is 20.7. The molecule has 2 atom stereocenters. The Morgan fingerprint density at radius 3 is 1.48 bits per heavy atom. The van der Waals surface area contributed by atoms with Crippen LogP contribution in [0.5, 0.6) is 11.5 Å². The predicted octanol–water partition coefficient (Wildman–Crippen LogP) is 2.64. The summed E-state index contributed by atoms with van der Waals surface area (Å²) in [5.74, 6) is -1.38. The summed E-state index contributed by atoms with van der Waals surface area (Å²) in [6.07, 6.45) is -0.116. The van der Waals surface area contributed by atoms with Gasteiger partial charge in [-0.1, -0.05) is 36.4 Å². The number of para-hydroxylation sites is 2. The summed E-state index contributed by atoms with van der Waals surface area (Å²) in [5.41, 5.74) is 0. The third kappa shape index (κ3) is 5.65. The van der Waals surface area contributed by atoms with E-state index in [1.54, 1.807) is 60.7 Å². The largest absolute Gasteiger partial charge is 0.427 e. The summed E-state index contributed by atoms with van der Waals surface area (Å²) in [7, 11) is -3.30. The molecule has 1 saturated heterocycles. The van der Waals surface area contributed by atoms with Gasteiger partial charge in [-0.25, -0.2) is 8.42 Å². The van der Waals surface area contributed by atoms with Crippen molar-refractivity contribution in [3.8, 4) is 11.5 Å². The Kier molecular flexibility index (Phi) is 5.91. The minimum atomic E-state index is -3.30. The Balaban J connectivity index is 1.60. The Morgan fingerprint density at radius 1 is 0.741 bits per heavy atom. The molecule has 3 rings (SSSR count). The van der Waals surface area contributed by atoms with Crippen LogP contribution in [0.1, 0.15) is 12.8 Å². The molecule has 0 N–H and O–H groups in total. The molecule has 0 aromatic heterocycles. The highest BCUT2D eigenvalue weighted by atomic mass is 32.2. The maximum Gasteiger partial charge on any atom is 0.311 e. The van der Waals surface area contributed by atoms with E-state index in [2.05, 4.69) is 0 Å². The van der Waals surface area contributed by atoms with Crippen LogP contribution in [0, 0.1) is 11.8 Å². The third-order valence-corrected chi connectivity index (χ3v) is 6.28. The minimum Gasteiger partial charge on any atom is -0.427 e. The van der Waals surface area contributed by atoms with Gasteiger partial charge in [0, 0.05) is 0 Å². The van der Waals surface area contributed by atoms with Gasteiger partial charge >= 0.3 is 11.9 Å².